The fourth-order valence-corrected chi connectivity index (χ4v) is 8.75. The van der Waals surface area contributed by atoms with Crippen molar-refractivity contribution in [2.75, 3.05) is 401 Å². The maximum absolute atomic E-state index is 12.8. The summed E-state index contributed by atoms with van der Waals surface area (Å²) in [5, 5.41) is 48.3. The average molecular weight is 1810 g/mol. The van der Waals surface area contributed by atoms with Gasteiger partial charge >= 0.3 is 42.2 Å². The van der Waals surface area contributed by atoms with Gasteiger partial charge in [-0.05, 0) is 0 Å². The van der Waals surface area contributed by atoms with Crippen LogP contribution in [0, 0.1) is 0 Å². The maximum atomic E-state index is 12.8. The van der Waals surface area contributed by atoms with Crippen LogP contribution in [0.25, 0.3) is 0 Å². The van der Waals surface area contributed by atoms with Gasteiger partial charge < -0.3 is 145 Å². The molecule has 698 valence electrons. The Morgan fingerprint density at radius 2 is 0.347 bits per heavy atom. The highest BCUT2D eigenvalue weighted by Gasteiger charge is 2.39. The Morgan fingerprint density at radius 3 is 0.466 bits per heavy atom. The Balaban J connectivity index is 0. The van der Waals surface area contributed by atoms with Crippen molar-refractivity contribution in [2.45, 2.75) is 12.4 Å². The number of hydrogen-bond acceptors (Lipinski definition) is 34. The third kappa shape index (κ3) is 92.0. The van der Waals surface area contributed by atoms with Crippen molar-refractivity contribution < 1.29 is 194 Å². The van der Waals surface area contributed by atoms with Gasteiger partial charge in [-0.1, -0.05) is 15.9 Å². The number of halogens is 7. The van der Waals surface area contributed by atoms with Crippen molar-refractivity contribution in [1.82, 2.24) is 30.2 Å². The van der Waals surface area contributed by atoms with E-state index in [4.69, 9.17) is 129 Å². The SMILES string of the molecule is O=C(O)C(F)(F)F.O=C(O)C(F)(F)F.O=C(O)CN1CCN(CC(=O)O)CCN(CC(=O)NCCOCCOCCOCCOCCOCCOCCOCCOCCOCCOCCOCCOCCOCCOCCOCCOCCOCCOCCOCCOCCOCCOCCOCCNC(=O)CBr)CCN(CC(=O)O)CC1. The molecule has 0 aromatic carbocycles. The molecular weight excluding hydrogens is 1680 g/mol. The largest absolute Gasteiger partial charge is 0.490 e. The molecule has 0 unspecified atom stereocenters. The molecular formula is C70H129BrF6N6O35. The van der Waals surface area contributed by atoms with Crippen LogP contribution in [0.3, 0.4) is 0 Å². The first-order valence-corrected chi connectivity index (χ1v) is 39.6. The van der Waals surface area contributed by atoms with Crippen LogP contribution < -0.4 is 10.6 Å². The van der Waals surface area contributed by atoms with Crippen LogP contribution in [0.1, 0.15) is 0 Å². The van der Waals surface area contributed by atoms with Gasteiger partial charge in [-0.3, -0.25) is 43.6 Å². The Morgan fingerprint density at radius 1 is 0.229 bits per heavy atom. The fourth-order valence-electron chi connectivity index (χ4n) is 8.56. The van der Waals surface area contributed by atoms with E-state index in [0.29, 0.717) is 356 Å². The summed E-state index contributed by atoms with van der Waals surface area (Å²) in [6.45, 7) is 23.2. The van der Waals surface area contributed by atoms with Crippen molar-refractivity contribution in [3.63, 3.8) is 0 Å². The summed E-state index contributed by atoms with van der Waals surface area (Å²) >= 11 is 3.08. The second kappa shape index (κ2) is 87.2. The van der Waals surface area contributed by atoms with E-state index in [9.17, 15) is 65.6 Å². The number of carboxylic acids is 5. The van der Waals surface area contributed by atoms with E-state index in [-0.39, 0.29) is 56.5 Å². The number of carbonyl (C=O) groups excluding carboxylic acids is 2. The molecule has 0 aromatic heterocycles. The molecule has 0 spiro atoms. The van der Waals surface area contributed by atoms with Gasteiger partial charge in [0.2, 0.25) is 11.8 Å². The fraction of sp³-hybridized carbons (Fsp3) is 0.900. The summed E-state index contributed by atoms with van der Waals surface area (Å²) in [5.74, 6) is -8.89. The van der Waals surface area contributed by atoms with Gasteiger partial charge in [-0.15, -0.1) is 0 Å². The van der Waals surface area contributed by atoms with Gasteiger partial charge in [-0.25, -0.2) is 9.59 Å². The number of amides is 2. The maximum Gasteiger partial charge on any atom is 0.490 e. The minimum atomic E-state index is -5.08. The van der Waals surface area contributed by atoms with Gasteiger partial charge in [0.05, 0.1) is 335 Å². The predicted molar refractivity (Wildman–Crippen MR) is 405 cm³/mol. The molecule has 1 aliphatic heterocycles. The van der Waals surface area contributed by atoms with Crippen molar-refractivity contribution in [3.05, 3.63) is 0 Å². The number of hydrogen-bond donors (Lipinski definition) is 7. The molecule has 0 atom stereocenters. The molecule has 1 heterocycles. The standard InChI is InChI=1S/C66H127BrN6O31.2C2HF3O2/c67-57-62(74)68-1-11-82-13-15-84-17-19-86-21-23-88-25-27-90-29-31-92-33-35-94-37-39-96-41-43-98-45-47-100-49-51-102-53-55-104-56-54-103-52-50-101-48-46-99-44-42-97-40-38-95-36-34-93-32-30-91-28-26-89-24-22-87-20-18-85-16-14-83-12-2-69-63(75)58-70-3-5-71(59-64(76)77)7-9-73(61-66(80)81)10-8-72(6-4-70)60-65(78)79;2*3-2(4,5)1(6)7/h1-61H2,(H,68,74)(H,69,75)(H,76,77)(H,78,79)(H,80,81);2*(H,6,7). The van der Waals surface area contributed by atoms with Gasteiger partial charge in [0.25, 0.3) is 0 Å². The average Bonchev–Trinajstić information content (AvgIpc) is 0.899. The molecule has 0 bridgehead atoms. The van der Waals surface area contributed by atoms with Gasteiger partial charge in [0, 0.05) is 65.4 Å². The molecule has 0 aliphatic carbocycles. The lowest BCUT2D eigenvalue weighted by Gasteiger charge is -2.32. The molecule has 1 saturated heterocycles. The summed E-state index contributed by atoms with van der Waals surface area (Å²) in [6.07, 6.45) is -10.2. The minimum Gasteiger partial charge on any atom is -0.480 e. The van der Waals surface area contributed by atoms with Crippen LogP contribution in [-0.2, 0) is 143 Å². The van der Waals surface area contributed by atoms with E-state index in [1.54, 1.807) is 14.7 Å². The zero-order chi connectivity index (χ0) is 87.2. The lowest BCUT2D eigenvalue weighted by molar-refractivity contribution is -0.193. The molecule has 0 saturated carbocycles. The number of carbonyl (C=O) groups is 7. The van der Waals surface area contributed by atoms with Crippen molar-refractivity contribution in [1.29, 1.82) is 0 Å². The first kappa shape index (κ1) is 115. The monoisotopic (exact) mass is 1810 g/mol. The van der Waals surface area contributed by atoms with E-state index in [1.807, 2.05) is 4.90 Å². The highest BCUT2D eigenvalue weighted by molar-refractivity contribution is 9.09. The van der Waals surface area contributed by atoms with Crippen LogP contribution in [-0.4, -0.2) is 500 Å². The zero-order valence-electron chi connectivity index (χ0n) is 67.6. The summed E-state index contributed by atoms with van der Waals surface area (Å²) in [7, 11) is 0. The smallest absolute Gasteiger partial charge is 0.480 e. The van der Waals surface area contributed by atoms with Crippen molar-refractivity contribution in [2.24, 2.45) is 0 Å². The number of nitrogens with one attached hydrogen (secondary N) is 2. The van der Waals surface area contributed by atoms with E-state index in [0.717, 1.165) is 0 Å². The number of carboxylic acid groups (broad SMARTS) is 5. The van der Waals surface area contributed by atoms with Crippen LogP contribution >= 0.6 is 15.9 Å². The first-order chi connectivity index (χ1) is 57.0. The number of nitrogens with zero attached hydrogens (tertiary/aromatic N) is 4. The second-order valence-electron chi connectivity index (χ2n) is 23.8. The third-order valence-electron chi connectivity index (χ3n) is 14.3. The minimum absolute atomic E-state index is 0.0241. The van der Waals surface area contributed by atoms with E-state index in [1.165, 1.54) is 0 Å². The Labute approximate surface area is 693 Å². The molecule has 48 heteroatoms. The summed E-state index contributed by atoms with van der Waals surface area (Å²) in [5.41, 5.74) is 0. The third-order valence-corrected chi connectivity index (χ3v) is 14.8. The lowest BCUT2D eigenvalue weighted by atomic mass is 10.3. The van der Waals surface area contributed by atoms with Gasteiger partial charge in [0.15, 0.2) is 0 Å². The number of alkyl halides is 7. The van der Waals surface area contributed by atoms with E-state index >= 15 is 0 Å². The summed E-state index contributed by atoms with van der Waals surface area (Å²) in [6, 6.07) is 0. The highest BCUT2D eigenvalue weighted by atomic mass is 79.9. The lowest BCUT2D eigenvalue weighted by Crippen LogP contribution is -2.50. The van der Waals surface area contributed by atoms with Crippen LogP contribution in [0.4, 0.5) is 26.3 Å². The Bertz CT molecular complexity index is 2270. The molecule has 2 amide bonds. The van der Waals surface area contributed by atoms with E-state index < -0.39 is 42.2 Å². The number of ether oxygens (including phenoxy) is 23. The molecule has 1 fully saturated rings. The highest BCUT2D eigenvalue weighted by Crippen LogP contribution is 2.14. The quantitative estimate of drug-likeness (QED) is 0.0212. The van der Waals surface area contributed by atoms with Crippen LogP contribution in [0.5, 0.6) is 0 Å². The van der Waals surface area contributed by atoms with Crippen LogP contribution in [0.2, 0.25) is 0 Å². The Hall–Kier alpha value is -4.73. The van der Waals surface area contributed by atoms with Gasteiger partial charge in [-0.2, -0.15) is 26.3 Å². The zero-order valence-corrected chi connectivity index (χ0v) is 69.1. The molecule has 0 radical (unpaired) electrons. The number of rotatable bonds is 81. The van der Waals surface area contributed by atoms with Crippen LogP contribution in [0.15, 0.2) is 0 Å². The van der Waals surface area contributed by atoms with Crippen molar-refractivity contribution >= 4 is 57.6 Å². The first-order valence-electron chi connectivity index (χ1n) is 38.5. The molecule has 1 rings (SSSR count). The summed E-state index contributed by atoms with van der Waals surface area (Å²) < 4.78 is 190. The predicted octanol–water partition coefficient (Wildman–Crippen LogP) is -1.26. The van der Waals surface area contributed by atoms with Crippen molar-refractivity contribution in [3.8, 4) is 0 Å². The summed E-state index contributed by atoms with van der Waals surface area (Å²) in [4.78, 5) is 83.1. The molecule has 118 heavy (non-hydrogen) atoms. The molecule has 7 N–H and O–H groups in total. The normalized spacial score (nSPS) is 13.6. The van der Waals surface area contributed by atoms with Gasteiger partial charge in [0.1, 0.15) is 0 Å². The molecule has 1 aliphatic rings. The number of aliphatic carboxylic acids is 5. The molecule has 41 nitrogen and oxygen atoms in total. The van der Waals surface area contributed by atoms with E-state index in [2.05, 4.69) is 26.6 Å². The molecule has 0 aromatic rings. The topological polar surface area (TPSA) is 470 Å². The Kier molecular flexibility index (Phi) is 85.2. The second-order valence-corrected chi connectivity index (χ2v) is 24.4.